The fourth-order valence-electron chi connectivity index (χ4n) is 1.67. The van der Waals surface area contributed by atoms with Crippen LogP contribution in [0.3, 0.4) is 0 Å². The lowest BCUT2D eigenvalue weighted by atomic mass is 10.2. The maximum absolute atomic E-state index is 12.2. The molecule has 0 unspecified atom stereocenters. The Labute approximate surface area is 130 Å². The minimum absolute atomic E-state index is 0.112. The lowest BCUT2D eigenvalue weighted by Gasteiger charge is -2.08. The van der Waals surface area contributed by atoms with Crippen LogP contribution in [0.25, 0.3) is 0 Å². The van der Waals surface area contributed by atoms with Crippen LogP contribution in [0.1, 0.15) is 17.3 Å². The van der Waals surface area contributed by atoms with E-state index >= 15 is 0 Å². The molecule has 1 aromatic heterocycles. The molecule has 21 heavy (non-hydrogen) atoms. The van der Waals surface area contributed by atoms with Gasteiger partial charge in [0.15, 0.2) is 5.82 Å². The second kappa shape index (κ2) is 6.65. The Morgan fingerprint density at radius 1 is 1.43 bits per heavy atom. The quantitative estimate of drug-likeness (QED) is 0.784. The Morgan fingerprint density at radius 2 is 2.19 bits per heavy atom. The van der Waals surface area contributed by atoms with E-state index in [0.29, 0.717) is 28.2 Å². The van der Waals surface area contributed by atoms with Crippen molar-refractivity contribution in [2.45, 2.75) is 24.8 Å². The number of aliphatic hydroxyl groups is 1. The van der Waals surface area contributed by atoms with Gasteiger partial charge in [0.2, 0.25) is 15.9 Å². The molecule has 2 aromatic rings. The maximum atomic E-state index is 12.2. The molecule has 9 heteroatoms. The summed E-state index contributed by atoms with van der Waals surface area (Å²) in [7, 11) is -3.65. The van der Waals surface area contributed by atoms with E-state index in [1.165, 1.54) is 6.07 Å². The molecule has 1 heterocycles. The molecule has 0 saturated heterocycles. The van der Waals surface area contributed by atoms with Crippen LogP contribution in [-0.2, 0) is 23.1 Å². The van der Waals surface area contributed by atoms with Gasteiger partial charge in [-0.15, -0.1) is 0 Å². The molecule has 0 saturated carbocycles. The molecule has 0 fully saturated rings. The van der Waals surface area contributed by atoms with Crippen molar-refractivity contribution >= 4 is 26.0 Å². The highest BCUT2D eigenvalue weighted by atomic mass is 79.9. The van der Waals surface area contributed by atoms with E-state index in [4.69, 9.17) is 9.63 Å². The van der Waals surface area contributed by atoms with Crippen LogP contribution in [0.4, 0.5) is 0 Å². The van der Waals surface area contributed by atoms with E-state index in [0.717, 1.165) is 0 Å². The fraction of sp³-hybridized carbons (Fsp3) is 0.333. The molecule has 2 rings (SSSR count). The average molecular weight is 376 g/mol. The van der Waals surface area contributed by atoms with Gasteiger partial charge < -0.3 is 9.63 Å². The second-order valence-electron chi connectivity index (χ2n) is 4.31. The Balaban J connectivity index is 2.04. The first-order chi connectivity index (χ1) is 9.92. The molecular weight excluding hydrogens is 362 g/mol. The average Bonchev–Trinajstić information content (AvgIpc) is 2.83. The molecule has 0 radical (unpaired) electrons. The van der Waals surface area contributed by atoms with Crippen molar-refractivity contribution in [2.75, 3.05) is 6.54 Å². The highest BCUT2D eigenvalue weighted by molar-refractivity contribution is 9.10. The van der Waals surface area contributed by atoms with Gasteiger partial charge in [0.05, 0.1) is 11.5 Å². The van der Waals surface area contributed by atoms with Crippen LogP contribution >= 0.6 is 15.9 Å². The number of benzene rings is 1. The highest BCUT2D eigenvalue weighted by Gasteiger charge is 2.17. The van der Waals surface area contributed by atoms with Gasteiger partial charge in [0.1, 0.15) is 0 Å². The van der Waals surface area contributed by atoms with Crippen LogP contribution < -0.4 is 4.72 Å². The third-order valence-electron chi connectivity index (χ3n) is 2.67. The number of nitrogens with one attached hydrogen (secondary N) is 1. The van der Waals surface area contributed by atoms with Gasteiger partial charge in [0, 0.05) is 17.4 Å². The van der Waals surface area contributed by atoms with E-state index in [1.807, 2.05) is 0 Å². The summed E-state index contributed by atoms with van der Waals surface area (Å²) >= 11 is 3.19. The topological polar surface area (TPSA) is 105 Å². The van der Waals surface area contributed by atoms with Crippen molar-refractivity contribution in [3.63, 3.8) is 0 Å². The zero-order valence-corrected chi connectivity index (χ0v) is 13.6. The molecule has 0 aliphatic heterocycles. The van der Waals surface area contributed by atoms with Crippen LogP contribution in [0, 0.1) is 6.92 Å². The van der Waals surface area contributed by atoms with Crippen LogP contribution in [0.2, 0.25) is 0 Å². The predicted octanol–water partition coefficient (Wildman–Crippen LogP) is 1.15. The minimum Gasteiger partial charge on any atom is -0.392 e. The first kappa shape index (κ1) is 16.1. The van der Waals surface area contributed by atoms with Gasteiger partial charge >= 0.3 is 0 Å². The third-order valence-corrected chi connectivity index (χ3v) is 5.11. The van der Waals surface area contributed by atoms with E-state index in [-0.39, 0.29) is 18.0 Å². The molecule has 2 N–H and O–H groups in total. The van der Waals surface area contributed by atoms with Crippen LogP contribution in [0.5, 0.6) is 0 Å². The standard InChI is InChI=1S/C12H14BrN3O4S/c1-8-15-12(20-16-8)4-5-14-21(18,19)11-3-2-9(7-17)6-10(11)13/h2-3,6,14,17H,4-5,7H2,1H3. The summed E-state index contributed by atoms with van der Waals surface area (Å²) in [4.78, 5) is 4.11. The summed E-state index contributed by atoms with van der Waals surface area (Å²) in [6.07, 6.45) is 0.312. The molecule has 0 aliphatic carbocycles. The number of aromatic nitrogens is 2. The number of hydrogen-bond acceptors (Lipinski definition) is 6. The maximum Gasteiger partial charge on any atom is 0.241 e. The smallest absolute Gasteiger partial charge is 0.241 e. The van der Waals surface area contributed by atoms with E-state index < -0.39 is 10.0 Å². The van der Waals surface area contributed by atoms with Crippen LogP contribution in [0.15, 0.2) is 32.1 Å². The number of rotatable bonds is 6. The van der Waals surface area contributed by atoms with E-state index in [9.17, 15) is 8.42 Å². The van der Waals surface area contributed by atoms with Crippen molar-refractivity contribution in [2.24, 2.45) is 0 Å². The lowest BCUT2D eigenvalue weighted by Crippen LogP contribution is -2.26. The van der Waals surface area contributed by atoms with Crippen molar-refractivity contribution < 1.29 is 18.0 Å². The molecule has 7 nitrogen and oxygen atoms in total. The largest absolute Gasteiger partial charge is 0.392 e. The lowest BCUT2D eigenvalue weighted by molar-refractivity contribution is 0.281. The zero-order chi connectivity index (χ0) is 15.5. The van der Waals surface area contributed by atoms with Gasteiger partial charge in [0.25, 0.3) is 0 Å². The van der Waals surface area contributed by atoms with Gasteiger partial charge in [-0.05, 0) is 40.5 Å². The number of hydrogen-bond donors (Lipinski definition) is 2. The molecule has 114 valence electrons. The first-order valence-electron chi connectivity index (χ1n) is 6.10. The summed E-state index contributed by atoms with van der Waals surface area (Å²) in [6, 6.07) is 4.56. The molecule has 0 atom stereocenters. The highest BCUT2D eigenvalue weighted by Crippen LogP contribution is 2.23. The summed E-state index contributed by atoms with van der Waals surface area (Å²) in [6.45, 7) is 1.69. The molecule has 0 amide bonds. The Kier molecular flexibility index (Phi) is 5.09. The van der Waals surface area contributed by atoms with Crippen molar-refractivity contribution in [3.8, 4) is 0 Å². The van der Waals surface area contributed by atoms with Crippen LogP contribution in [-0.4, -0.2) is 30.2 Å². The normalized spacial score (nSPS) is 11.8. The van der Waals surface area contributed by atoms with Crippen molar-refractivity contribution in [3.05, 3.63) is 40.0 Å². The van der Waals surface area contributed by atoms with E-state index in [2.05, 4.69) is 30.8 Å². The Hall–Kier alpha value is -1.29. The predicted molar refractivity (Wildman–Crippen MR) is 78.0 cm³/mol. The molecule has 1 aromatic carbocycles. The molecule has 0 spiro atoms. The zero-order valence-electron chi connectivity index (χ0n) is 11.2. The summed E-state index contributed by atoms with van der Waals surface area (Å²) in [5, 5.41) is 12.6. The minimum atomic E-state index is -3.65. The monoisotopic (exact) mass is 375 g/mol. The van der Waals surface area contributed by atoms with Gasteiger partial charge in [-0.2, -0.15) is 4.98 Å². The van der Waals surface area contributed by atoms with Gasteiger partial charge in [-0.1, -0.05) is 11.2 Å². The molecular formula is C12H14BrN3O4S. The van der Waals surface area contributed by atoms with Crippen molar-refractivity contribution in [1.82, 2.24) is 14.9 Å². The number of aryl methyl sites for hydroxylation is 1. The number of halogens is 1. The molecule has 0 bridgehead atoms. The third kappa shape index (κ3) is 4.10. The van der Waals surface area contributed by atoms with Gasteiger partial charge in [-0.25, -0.2) is 13.1 Å². The SMILES string of the molecule is Cc1noc(CCNS(=O)(=O)c2ccc(CO)cc2Br)n1. The van der Waals surface area contributed by atoms with Gasteiger partial charge in [-0.3, -0.25) is 0 Å². The number of nitrogens with zero attached hydrogens (tertiary/aromatic N) is 2. The second-order valence-corrected chi connectivity index (χ2v) is 6.90. The Morgan fingerprint density at radius 3 is 2.76 bits per heavy atom. The fourth-order valence-corrected chi connectivity index (χ4v) is 3.83. The number of sulfonamides is 1. The molecule has 0 aliphatic rings. The van der Waals surface area contributed by atoms with E-state index in [1.54, 1.807) is 19.1 Å². The summed E-state index contributed by atoms with van der Waals surface area (Å²) in [5.74, 6) is 0.889. The summed E-state index contributed by atoms with van der Waals surface area (Å²) in [5.41, 5.74) is 0.627. The number of aliphatic hydroxyl groups excluding tert-OH is 1. The Bertz CT molecular complexity index is 730. The summed E-state index contributed by atoms with van der Waals surface area (Å²) < 4.78 is 32.1. The first-order valence-corrected chi connectivity index (χ1v) is 8.38. The van der Waals surface area contributed by atoms with Crippen molar-refractivity contribution in [1.29, 1.82) is 0 Å².